The molecule has 1 N–H and O–H groups in total. The van der Waals surface area contributed by atoms with E-state index in [1.54, 1.807) is 4.90 Å². The zero-order valence-electron chi connectivity index (χ0n) is 14.5. The summed E-state index contributed by atoms with van der Waals surface area (Å²) >= 11 is 0. The molecule has 2 fully saturated rings. The first-order chi connectivity index (χ1) is 12.7. The number of hydrogen-bond donors (Lipinski definition) is 1. The monoisotopic (exact) mass is 387 g/mol. The number of ether oxygens (including phenoxy) is 2. The van der Waals surface area contributed by atoms with Crippen LogP contribution in [0.2, 0.25) is 0 Å². The number of hydrogen-bond acceptors (Lipinski definition) is 4. The van der Waals surface area contributed by atoms with Gasteiger partial charge in [-0.25, -0.2) is 0 Å². The lowest BCUT2D eigenvalue weighted by Crippen LogP contribution is -2.49. The molecule has 0 radical (unpaired) electrons. The van der Waals surface area contributed by atoms with E-state index < -0.39 is 23.9 Å². The first kappa shape index (κ1) is 19.5. The second-order valence-corrected chi connectivity index (χ2v) is 6.99. The summed E-state index contributed by atoms with van der Waals surface area (Å²) in [7, 11) is 0. The van der Waals surface area contributed by atoms with Crippen molar-refractivity contribution in [2.24, 2.45) is 5.41 Å². The van der Waals surface area contributed by atoms with Crippen LogP contribution in [0, 0.1) is 5.41 Å². The maximum Gasteiger partial charge on any atom is 0.573 e. The predicted molar refractivity (Wildman–Crippen MR) is 87.1 cm³/mol. The van der Waals surface area contributed by atoms with Crippen LogP contribution in [0.25, 0.3) is 0 Å². The quantitative estimate of drug-likeness (QED) is 0.812. The number of carboxylic acids is 1. The van der Waals surface area contributed by atoms with Crippen molar-refractivity contribution in [3.63, 3.8) is 0 Å². The van der Waals surface area contributed by atoms with Crippen LogP contribution < -0.4 is 4.74 Å². The molecule has 1 aliphatic carbocycles. The fourth-order valence-electron chi connectivity index (χ4n) is 3.37. The number of rotatable bonds is 6. The molecule has 0 spiro atoms. The van der Waals surface area contributed by atoms with Crippen LogP contribution in [0.5, 0.6) is 5.75 Å². The normalized spacial score (nSPS) is 21.6. The fourth-order valence-corrected chi connectivity index (χ4v) is 3.37. The minimum Gasteiger partial charge on any atom is -0.481 e. The zero-order valence-corrected chi connectivity index (χ0v) is 14.5. The van der Waals surface area contributed by atoms with E-state index in [9.17, 15) is 22.8 Å². The highest BCUT2D eigenvalue weighted by Crippen LogP contribution is 2.50. The van der Waals surface area contributed by atoms with Crippen molar-refractivity contribution in [2.45, 2.75) is 38.1 Å². The largest absolute Gasteiger partial charge is 0.573 e. The maximum atomic E-state index is 12.9. The Hall–Kier alpha value is -2.29. The van der Waals surface area contributed by atoms with Gasteiger partial charge in [-0.2, -0.15) is 0 Å². The van der Waals surface area contributed by atoms with E-state index in [1.165, 1.54) is 24.3 Å². The number of aliphatic carboxylic acids is 1. The van der Waals surface area contributed by atoms with E-state index in [-0.39, 0.29) is 24.6 Å². The Morgan fingerprint density at radius 1 is 1.26 bits per heavy atom. The smallest absolute Gasteiger partial charge is 0.481 e. The van der Waals surface area contributed by atoms with Gasteiger partial charge in [0, 0.05) is 13.1 Å². The summed E-state index contributed by atoms with van der Waals surface area (Å²) in [5.74, 6) is -1.32. The van der Waals surface area contributed by atoms with Gasteiger partial charge in [0.15, 0.2) is 0 Å². The van der Waals surface area contributed by atoms with Crippen molar-refractivity contribution in [3.8, 4) is 5.75 Å². The van der Waals surface area contributed by atoms with Gasteiger partial charge in [-0.3, -0.25) is 9.59 Å². The third kappa shape index (κ3) is 5.12. The van der Waals surface area contributed by atoms with Gasteiger partial charge < -0.3 is 19.5 Å². The number of halogens is 3. The SMILES string of the molecule is O=C(O)CC1CN(C(=O)C2(Cc3ccc(OC(F)(F)F)cc3)CC2)CCO1. The van der Waals surface area contributed by atoms with E-state index >= 15 is 0 Å². The number of carbonyl (C=O) groups excluding carboxylic acids is 1. The summed E-state index contributed by atoms with van der Waals surface area (Å²) in [6.45, 7) is 0.948. The van der Waals surface area contributed by atoms with Crippen LogP contribution in [0.15, 0.2) is 24.3 Å². The Morgan fingerprint density at radius 3 is 2.48 bits per heavy atom. The highest BCUT2D eigenvalue weighted by molar-refractivity contribution is 5.86. The third-order valence-electron chi connectivity index (χ3n) is 4.83. The van der Waals surface area contributed by atoms with Gasteiger partial charge in [0.05, 0.1) is 24.5 Å². The highest BCUT2D eigenvalue weighted by Gasteiger charge is 2.52. The Morgan fingerprint density at radius 2 is 1.93 bits per heavy atom. The predicted octanol–water partition coefficient (Wildman–Crippen LogP) is 2.61. The molecule has 148 valence electrons. The van der Waals surface area contributed by atoms with E-state index in [1.807, 2.05) is 0 Å². The molecule has 2 aliphatic rings. The topological polar surface area (TPSA) is 76.1 Å². The minimum absolute atomic E-state index is 0.0446. The molecule has 1 atom stereocenters. The van der Waals surface area contributed by atoms with Crippen molar-refractivity contribution in [1.29, 1.82) is 0 Å². The van der Waals surface area contributed by atoms with E-state index in [4.69, 9.17) is 9.84 Å². The van der Waals surface area contributed by atoms with Gasteiger partial charge in [0.2, 0.25) is 5.91 Å². The average Bonchev–Trinajstić information content (AvgIpc) is 3.35. The standard InChI is InChI=1S/C18H20F3NO5/c19-18(20,21)27-13-3-1-12(2-4-13)10-17(5-6-17)16(25)22-7-8-26-14(11-22)9-15(23)24/h1-4,14H,5-11H2,(H,23,24). The number of morpholine rings is 1. The lowest BCUT2D eigenvalue weighted by molar-refractivity contribution is -0.274. The molecule has 1 heterocycles. The van der Waals surface area contributed by atoms with Crippen LogP contribution >= 0.6 is 0 Å². The first-order valence-electron chi connectivity index (χ1n) is 8.64. The van der Waals surface area contributed by atoms with Crippen molar-refractivity contribution >= 4 is 11.9 Å². The van der Waals surface area contributed by atoms with Crippen LogP contribution in [-0.2, 0) is 20.7 Å². The molecule has 1 aromatic carbocycles. The van der Waals surface area contributed by atoms with Gasteiger partial charge >= 0.3 is 12.3 Å². The molecule has 0 aromatic heterocycles. The summed E-state index contributed by atoms with van der Waals surface area (Å²) in [5, 5.41) is 8.89. The third-order valence-corrected chi connectivity index (χ3v) is 4.83. The molecule has 0 bridgehead atoms. The highest BCUT2D eigenvalue weighted by atomic mass is 19.4. The average molecular weight is 387 g/mol. The molecule has 3 rings (SSSR count). The number of benzene rings is 1. The van der Waals surface area contributed by atoms with Crippen molar-refractivity contribution in [2.75, 3.05) is 19.7 Å². The lowest BCUT2D eigenvalue weighted by Gasteiger charge is -2.34. The van der Waals surface area contributed by atoms with Gasteiger partial charge in [-0.1, -0.05) is 12.1 Å². The van der Waals surface area contributed by atoms with Gasteiger partial charge in [-0.15, -0.1) is 13.2 Å². The second kappa shape index (κ2) is 7.38. The molecular weight excluding hydrogens is 367 g/mol. The number of amides is 1. The molecule has 1 unspecified atom stereocenters. The minimum atomic E-state index is -4.74. The summed E-state index contributed by atoms with van der Waals surface area (Å²) in [5.41, 5.74) is 0.197. The van der Waals surface area contributed by atoms with E-state index in [0.717, 1.165) is 5.56 Å². The Labute approximate surface area is 153 Å². The van der Waals surface area contributed by atoms with Gasteiger partial charge in [-0.05, 0) is 37.0 Å². The summed E-state index contributed by atoms with van der Waals surface area (Å²) in [6.07, 6.45) is -3.58. The molecular formula is C18H20F3NO5. The van der Waals surface area contributed by atoms with Gasteiger partial charge in [0.25, 0.3) is 0 Å². The summed E-state index contributed by atoms with van der Waals surface area (Å²) in [4.78, 5) is 25.4. The molecule has 1 aliphatic heterocycles. The van der Waals surface area contributed by atoms with Crippen LogP contribution in [0.4, 0.5) is 13.2 Å². The molecule has 9 heteroatoms. The molecule has 6 nitrogen and oxygen atoms in total. The van der Waals surface area contributed by atoms with Gasteiger partial charge in [0.1, 0.15) is 5.75 Å². The van der Waals surface area contributed by atoms with Crippen molar-refractivity contribution < 1.29 is 37.3 Å². The lowest BCUT2D eigenvalue weighted by atomic mass is 9.94. The fraction of sp³-hybridized carbons (Fsp3) is 0.556. The molecule has 1 saturated heterocycles. The number of alkyl halides is 3. The Bertz CT molecular complexity index is 700. The van der Waals surface area contributed by atoms with Crippen molar-refractivity contribution in [3.05, 3.63) is 29.8 Å². The number of nitrogens with zero attached hydrogens (tertiary/aromatic N) is 1. The van der Waals surface area contributed by atoms with Crippen LogP contribution in [0.3, 0.4) is 0 Å². The summed E-state index contributed by atoms with van der Waals surface area (Å²) < 4.78 is 45.9. The first-order valence-corrected chi connectivity index (χ1v) is 8.64. The maximum absolute atomic E-state index is 12.9. The van der Waals surface area contributed by atoms with E-state index in [2.05, 4.69) is 4.74 Å². The second-order valence-electron chi connectivity index (χ2n) is 6.99. The molecule has 27 heavy (non-hydrogen) atoms. The van der Waals surface area contributed by atoms with E-state index in [0.29, 0.717) is 32.4 Å². The molecule has 1 amide bonds. The Kier molecular flexibility index (Phi) is 5.32. The van der Waals surface area contributed by atoms with Crippen LogP contribution in [-0.4, -0.2) is 54.0 Å². The zero-order chi connectivity index (χ0) is 19.7. The Balaban J connectivity index is 1.61. The number of carbonyl (C=O) groups is 2. The molecule has 1 aromatic rings. The van der Waals surface area contributed by atoms with Crippen LogP contribution in [0.1, 0.15) is 24.8 Å². The molecule has 1 saturated carbocycles. The van der Waals surface area contributed by atoms with Crippen molar-refractivity contribution in [1.82, 2.24) is 4.90 Å². The number of carboxylic acid groups (broad SMARTS) is 1. The summed E-state index contributed by atoms with van der Waals surface area (Å²) in [6, 6.07) is 5.53.